The van der Waals surface area contributed by atoms with Crippen molar-refractivity contribution in [3.63, 3.8) is 0 Å². The number of hydrogen-bond donors (Lipinski definition) is 2. The van der Waals surface area contributed by atoms with E-state index in [0.29, 0.717) is 0 Å². The van der Waals surface area contributed by atoms with Gasteiger partial charge in [0.2, 0.25) is 0 Å². The molecule has 7 heavy (non-hydrogen) atoms. The van der Waals surface area contributed by atoms with Gasteiger partial charge in [-0.25, -0.2) is 0 Å². The largest absolute Gasteiger partial charge is 0 e. The van der Waals surface area contributed by atoms with Crippen LogP contribution in [0, 0.1) is 0 Å². The number of hydrogen-bond acceptors (Lipinski definition) is 2. The van der Waals surface area contributed by atoms with Gasteiger partial charge in [-0.3, -0.25) is 9.11 Å². The second-order valence-corrected chi connectivity index (χ2v) is 1.34. The van der Waals surface area contributed by atoms with Crippen LogP contribution in [-0.4, -0.2) is 55.3 Å². The van der Waals surface area contributed by atoms with Crippen molar-refractivity contribution in [3.05, 3.63) is 0 Å². The molecule has 4 nitrogen and oxygen atoms in total. The maximum absolute atomic E-state index is 8.74. The molecule has 0 aliphatic carbocycles. The molecule has 0 atom stereocenters. The van der Waals surface area contributed by atoms with Crippen LogP contribution in [-0.2, 0) is 29.9 Å². The van der Waals surface area contributed by atoms with E-state index in [1.807, 2.05) is 0 Å². The van der Waals surface area contributed by atoms with E-state index in [1.165, 1.54) is 0 Å². The molecule has 0 radical (unpaired) electrons. The minimum absolute atomic E-state index is 0. The van der Waals surface area contributed by atoms with Crippen molar-refractivity contribution in [1.29, 1.82) is 0 Å². The van der Waals surface area contributed by atoms with Crippen LogP contribution in [0.25, 0.3) is 0 Å². The Morgan fingerprint density at radius 2 is 1.14 bits per heavy atom. The first-order valence-electron chi connectivity index (χ1n) is 0.698. The Hall–Kier alpha value is 1.75. The summed E-state index contributed by atoms with van der Waals surface area (Å²) in [5, 5.41) is 0. The molecule has 0 aliphatic rings. The first-order chi connectivity index (χ1) is 2.00. The molecule has 0 aromatic heterocycles. The maximum atomic E-state index is 8.74. The Bertz CT molecular complexity index is 94.9. The maximum Gasteiger partial charge on any atom is 0 e. The molecule has 0 spiro atoms. The topological polar surface area (TPSA) is 74.6 Å². The molecule has 38 valence electrons. The van der Waals surface area contributed by atoms with E-state index in [-0.39, 0.29) is 57.2 Å². The average molecular weight is 206 g/mol. The van der Waals surface area contributed by atoms with Gasteiger partial charge in [-0.1, -0.05) is 0 Å². The molecule has 0 aliphatic heterocycles. The summed E-state index contributed by atoms with van der Waals surface area (Å²) in [6.45, 7) is 0. The third kappa shape index (κ3) is 83.5. The average Bonchev–Trinajstić information content (AvgIpc) is 0.722. The molecule has 0 heterocycles. The van der Waals surface area contributed by atoms with Crippen molar-refractivity contribution in [1.82, 2.24) is 0 Å². The monoisotopic (exact) mass is 204 g/mol. The third-order valence-corrected chi connectivity index (χ3v) is 0. The SMILES string of the molecule is O=S(=O)(O)O.[CaH2].[Zn]. The zero-order chi connectivity index (χ0) is 4.50. The van der Waals surface area contributed by atoms with Crippen LogP contribution in [0.1, 0.15) is 0 Å². The molecule has 0 aromatic rings. The van der Waals surface area contributed by atoms with Gasteiger partial charge < -0.3 is 0 Å². The summed E-state index contributed by atoms with van der Waals surface area (Å²) in [4.78, 5) is 0. The minimum atomic E-state index is -4.67. The van der Waals surface area contributed by atoms with Gasteiger partial charge >= 0.3 is 48.1 Å². The van der Waals surface area contributed by atoms with Crippen molar-refractivity contribution in [2.24, 2.45) is 0 Å². The first-order valence-corrected chi connectivity index (χ1v) is 2.10. The van der Waals surface area contributed by atoms with E-state index in [4.69, 9.17) is 17.5 Å². The molecule has 0 amide bonds. The molecule has 7 heteroatoms. The van der Waals surface area contributed by atoms with E-state index < -0.39 is 10.4 Å². The van der Waals surface area contributed by atoms with Gasteiger partial charge in [0, 0.05) is 19.5 Å². The fourth-order valence-electron chi connectivity index (χ4n) is 0. The fourth-order valence-corrected chi connectivity index (χ4v) is 0. The minimum Gasteiger partial charge on any atom is 0 e. The zero-order valence-corrected chi connectivity index (χ0v) is 6.61. The van der Waals surface area contributed by atoms with Crippen LogP contribution < -0.4 is 0 Å². The van der Waals surface area contributed by atoms with Gasteiger partial charge in [-0.05, 0) is 0 Å². The molecular weight excluding hydrogens is 202 g/mol. The Balaban J connectivity index is -0.0000000800. The summed E-state index contributed by atoms with van der Waals surface area (Å²) in [5.74, 6) is 0. The molecule has 0 saturated heterocycles. The molecule has 0 saturated carbocycles. The summed E-state index contributed by atoms with van der Waals surface area (Å²) in [6, 6.07) is 0. The van der Waals surface area contributed by atoms with Gasteiger partial charge in [-0.15, -0.1) is 0 Å². The molecule has 0 fully saturated rings. The fraction of sp³-hybridized carbons (Fsp3) is 0. The molecule has 0 rings (SSSR count). The zero-order valence-electron chi connectivity index (χ0n) is 2.83. The summed E-state index contributed by atoms with van der Waals surface area (Å²) in [6.07, 6.45) is 0. The summed E-state index contributed by atoms with van der Waals surface area (Å²) in [5.41, 5.74) is 0. The van der Waals surface area contributed by atoms with Crippen molar-refractivity contribution in [2.45, 2.75) is 0 Å². The van der Waals surface area contributed by atoms with Gasteiger partial charge in [0.1, 0.15) is 0 Å². The van der Waals surface area contributed by atoms with E-state index in [9.17, 15) is 0 Å². The number of rotatable bonds is 0. The molecular formula is H4CaO4SZn. The van der Waals surface area contributed by atoms with Crippen molar-refractivity contribution < 1.29 is 37.0 Å². The molecule has 0 unspecified atom stereocenters. The van der Waals surface area contributed by atoms with Crippen LogP contribution in [0.3, 0.4) is 0 Å². The third-order valence-electron chi connectivity index (χ3n) is 0. The van der Waals surface area contributed by atoms with Gasteiger partial charge in [0.25, 0.3) is 0 Å². The van der Waals surface area contributed by atoms with Crippen LogP contribution in [0.15, 0.2) is 0 Å². The Labute approximate surface area is 84.0 Å². The van der Waals surface area contributed by atoms with Crippen LogP contribution in [0.4, 0.5) is 0 Å². The van der Waals surface area contributed by atoms with E-state index in [2.05, 4.69) is 0 Å². The summed E-state index contributed by atoms with van der Waals surface area (Å²) in [7, 11) is -4.67. The Kier molecular flexibility index (Phi) is 13.4. The van der Waals surface area contributed by atoms with Crippen LogP contribution >= 0.6 is 0 Å². The van der Waals surface area contributed by atoms with Crippen LogP contribution in [0.2, 0.25) is 0 Å². The first kappa shape index (κ1) is 15.9. The van der Waals surface area contributed by atoms with E-state index in [1.54, 1.807) is 0 Å². The summed E-state index contributed by atoms with van der Waals surface area (Å²) < 4.78 is 31.6. The summed E-state index contributed by atoms with van der Waals surface area (Å²) >= 11 is 0. The standard InChI is InChI=1S/Ca.H2O4S.Zn.2H/c;1-5(2,3)4;;;/h;(H2,1,2,3,4);;;. The Morgan fingerprint density at radius 3 is 1.14 bits per heavy atom. The van der Waals surface area contributed by atoms with Gasteiger partial charge in [0.15, 0.2) is 0 Å². The second kappa shape index (κ2) is 5.88. The van der Waals surface area contributed by atoms with Crippen molar-refractivity contribution in [2.75, 3.05) is 0 Å². The van der Waals surface area contributed by atoms with Gasteiger partial charge in [0.05, 0.1) is 0 Å². The molecule has 2 N–H and O–H groups in total. The smallest absolute Gasteiger partial charge is 0 e. The Morgan fingerprint density at radius 1 is 1.14 bits per heavy atom. The van der Waals surface area contributed by atoms with Crippen molar-refractivity contribution in [3.8, 4) is 0 Å². The molecule has 0 aromatic carbocycles. The predicted octanol–water partition coefficient (Wildman–Crippen LogP) is -1.57. The van der Waals surface area contributed by atoms with E-state index in [0.717, 1.165) is 0 Å². The van der Waals surface area contributed by atoms with Crippen molar-refractivity contribution >= 4 is 48.1 Å². The van der Waals surface area contributed by atoms with E-state index >= 15 is 0 Å². The normalized spacial score (nSPS) is 8.29. The second-order valence-electron chi connectivity index (χ2n) is 0.448. The van der Waals surface area contributed by atoms with Crippen LogP contribution in [0.5, 0.6) is 0 Å². The van der Waals surface area contributed by atoms with Gasteiger partial charge in [-0.2, -0.15) is 8.42 Å². The predicted molar refractivity (Wildman–Crippen MR) is 22.7 cm³/mol. The molecule has 0 bridgehead atoms. The quantitative estimate of drug-likeness (QED) is 0.370.